The molecular formula is C8H6ClN3. The maximum absolute atomic E-state index is 5.84. The Morgan fingerprint density at radius 3 is 2.83 bits per heavy atom. The molecule has 0 N–H and O–H groups in total. The highest BCUT2D eigenvalue weighted by Crippen LogP contribution is 2.20. The lowest BCUT2D eigenvalue weighted by Crippen LogP contribution is -1.87. The minimum absolute atomic E-state index is 0.455. The van der Waals surface area contributed by atoms with Gasteiger partial charge in [-0.25, -0.2) is 15.0 Å². The van der Waals surface area contributed by atoms with Crippen LogP contribution < -0.4 is 0 Å². The Morgan fingerprint density at radius 2 is 2.08 bits per heavy atom. The van der Waals surface area contributed by atoms with Crippen molar-refractivity contribution in [1.29, 1.82) is 0 Å². The van der Waals surface area contributed by atoms with E-state index in [0.717, 1.165) is 16.5 Å². The minimum atomic E-state index is 0.455. The second kappa shape index (κ2) is 2.68. The molecule has 0 atom stereocenters. The van der Waals surface area contributed by atoms with Gasteiger partial charge in [0.05, 0.1) is 10.9 Å². The summed E-state index contributed by atoms with van der Waals surface area (Å²) in [5.41, 5.74) is 1.88. The topological polar surface area (TPSA) is 38.7 Å². The molecule has 60 valence electrons. The van der Waals surface area contributed by atoms with E-state index in [4.69, 9.17) is 11.6 Å². The Bertz CT molecular complexity index is 387. The van der Waals surface area contributed by atoms with Gasteiger partial charge in [-0.2, -0.15) is 0 Å². The molecule has 0 spiro atoms. The summed E-state index contributed by atoms with van der Waals surface area (Å²) in [6, 6.07) is 0. The highest BCUT2D eigenvalue weighted by molar-refractivity contribution is 6.34. The number of fused-ring (bicyclic) bond motifs is 1. The molecule has 0 aliphatic heterocycles. The van der Waals surface area contributed by atoms with Gasteiger partial charge in [0.2, 0.25) is 0 Å². The standard InChI is InChI=1S/C8H6ClN3/c1-5-2-11-8(9)6-3-10-4-12-7(5)6/h2-4H,1H3. The molecule has 3 nitrogen and oxygen atoms in total. The number of pyridine rings is 1. The van der Waals surface area contributed by atoms with Gasteiger partial charge in [-0.15, -0.1) is 0 Å². The monoisotopic (exact) mass is 179 g/mol. The summed E-state index contributed by atoms with van der Waals surface area (Å²) in [6.07, 6.45) is 4.88. The first kappa shape index (κ1) is 7.43. The van der Waals surface area contributed by atoms with E-state index in [1.54, 1.807) is 12.4 Å². The van der Waals surface area contributed by atoms with Crippen LogP contribution in [0.3, 0.4) is 0 Å². The van der Waals surface area contributed by atoms with Crippen LogP contribution >= 0.6 is 11.6 Å². The van der Waals surface area contributed by atoms with Crippen molar-refractivity contribution in [3.63, 3.8) is 0 Å². The summed E-state index contributed by atoms with van der Waals surface area (Å²) in [6.45, 7) is 1.94. The first-order valence-electron chi connectivity index (χ1n) is 3.50. The van der Waals surface area contributed by atoms with Gasteiger partial charge in [-0.3, -0.25) is 0 Å². The van der Waals surface area contributed by atoms with Gasteiger partial charge in [0.15, 0.2) is 0 Å². The van der Waals surface area contributed by atoms with Crippen LogP contribution in [0.15, 0.2) is 18.7 Å². The van der Waals surface area contributed by atoms with Crippen LogP contribution in [0.25, 0.3) is 10.9 Å². The molecule has 2 aromatic rings. The summed E-state index contributed by atoms with van der Waals surface area (Å²) >= 11 is 5.84. The lowest BCUT2D eigenvalue weighted by atomic mass is 10.2. The van der Waals surface area contributed by atoms with Crippen LogP contribution in [0.4, 0.5) is 0 Å². The fourth-order valence-electron chi connectivity index (χ4n) is 1.08. The zero-order chi connectivity index (χ0) is 8.55. The number of nitrogens with zero attached hydrogens (tertiary/aromatic N) is 3. The molecule has 0 aliphatic rings. The molecule has 2 aromatic heterocycles. The molecule has 0 fully saturated rings. The van der Waals surface area contributed by atoms with Crippen LogP contribution in [0, 0.1) is 6.92 Å². The zero-order valence-electron chi connectivity index (χ0n) is 6.45. The van der Waals surface area contributed by atoms with E-state index in [9.17, 15) is 0 Å². The van der Waals surface area contributed by atoms with Crippen LogP contribution in [-0.4, -0.2) is 15.0 Å². The summed E-state index contributed by atoms with van der Waals surface area (Å²) in [4.78, 5) is 12.0. The summed E-state index contributed by atoms with van der Waals surface area (Å²) in [7, 11) is 0. The predicted molar refractivity (Wildman–Crippen MR) is 47.1 cm³/mol. The fraction of sp³-hybridized carbons (Fsp3) is 0.125. The second-order valence-electron chi connectivity index (χ2n) is 2.52. The molecule has 0 unspecified atom stereocenters. The van der Waals surface area contributed by atoms with Gasteiger partial charge < -0.3 is 0 Å². The first-order valence-corrected chi connectivity index (χ1v) is 3.87. The smallest absolute Gasteiger partial charge is 0.139 e. The summed E-state index contributed by atoms with van der Waals surface area (Å²) in [5, 5.41) is 1.26. The lowest BCUT2D eigenvalue weighted by Gasteiger charge is -1.99. The maximum Gasteiger partial charge on any atom is 0.139 e. The maximum atomic E-state index is 5.84. The molecule has 2 heterocycles. The number of aryl methyl sites for hydroxylation is 1. The second-order valence-corrected chi connectivity index (χ2v) is 2.88. The average Bonchev–Trinajstić information content (AvgIpc) is 2.12. The Kier molecular flexibility index (Phi) is 1.66. The molecule has 0 saturated heterocycles. The van der Waals surface area contributed by atoms with Crippen molar-refractivity contribution < 1.29 is 0 Å². The SMILES string of the molecule is Cc1cnc(Cl)c2cncnc12. The van der Waals surface area contributed by atoms with Gasteiger partial charge in [0.25, 0.3) is 0 Å². The number of hydrogen-bond donors (Lipinski definition) is 0. The number of halogens is 1. The van der Waals surface area contributed by atoms with Crippen LogP contribution in [0.2, 0.25) is 5.15 Å². The molecule has 4 heteroatoms. The van der Waals surface area contributed by atoms with E-state index in [1.165, 1.54) is 6.33 Å². The van der Waals surface area contributed by atoms with Crippen molar-refractivity contribution >= 4 is 22.5 Å². The lowest BCUT2D eigenvalue weighted by molar-refractivity contribution is 1.19. The molecule has 0 aromatic carbocycles. The third kappa shape index (κ3) is 1.02. The third-order valence-electron chi connectivity index (χ3n) is 1.68. The van der Waals surface area contributed by atoms with Crippen LogP contribution in [0.5, 0.6) is 0 Å². The Morgan fingerprint density at radius 1 is 1.25 bits per heavy atom. The summed E-state index contributed by atoms with van der Waals surface area (Å²) in [5.74, 6) is 0. The van der Waals surface area contributed by atoms with Crippen molar-refractivity contribution in [2.24, 2.45) is 0 Å². The molecule has 0 aliphatic carbocycles. The van der Waals surface area contributed by atoms with Crippen molar-refractivity contribution in [2.45, 2.75) is 6.92 Å². The quantitative estimate of drug-likeness (QED) is 0.581. The average molecular weight is 180 g/mol. The van der Waals surface area contributed by atoms with Crippen molar-refractivity contribution in [3.05, 3.63) is 29.4 Å². The van der Waals surface area contributed by atoms with E-state index in [2.05, 4.69) is 15.0 Å². The Hall–Kier alpha value is -1.22. The van der Waals surface area contributed by atoms with Crippen LogP contribution in [0.1, 0.15) is 5.56 Å². The Balaban J connectivity index is 2.95. The van der Waals surface area contributed by atoms with Crippen molar-refractivity contribution in [2.75, 3.05) is 0 Å². The van der Waals surface area contributed by atoms with Gasteiger partial charge in [0.1, 0.15) is 11.5 Å². The molecular weight excluding hydrogens is 174 g/mol. The van der Waals surface area contributed by atoms with E-state index in [-0.39, 0.29) is 0 Å². The molecule has 2 rings (SSSR count). The Labute approximate surface area is 74.4 Å². The van der Waals surface area contributed by atoms with Gasteiger partial charge in [0, 0.05) is 12.4 Å². The molecule has 0 radical (unpaired) electrons. The van der Waals surface area contributed by atoms with Crippen molar-refractivity contribution in [3.8, 4) is 0 Å². The number of rotatable bonds is 0. The highest BCUT2D eigenvalue weighted by Gasteiger charge is 2.02. The van der Waals surface area contributed by atoms with E-state index >= 15 is 0 Å². The van der Waals surface area contributed by atoms with Crippen LogP contribution in [-0.2, 0) is 0 Å². The van der Waals surface area contributed by atoms with Gasteiger partial charge >= 0.3 is 0 Å². The van der Waals surface area contributed by atoms with Gasteiger partial charge in [-0.05, 0) is 12.5 Å². The third-order valence-corrected chi connectivity index (χ3v) is 1.98. The largest absolute Gasteiger partial charge is 0.244 e. The predicted octanol–water partition coefficient (Wildman–Crippen LogP) is 1.99. The van der Waals surface area contributed by atoms with Gasteiger partial charge in [-0.1, -0.05) is 11.6 Å². The first-order chi connectivity index (χ1) is 5.79. The minimum Gasteiger partial charge on any atom is -0.244 e. The molecule has 0 saturated carbocycles. The number of aromatic nitrogens is 3. The highest BCUT2D eigenvalue weighted by atomic mass is 35.5. The van der Waals surface area contributed by atoms with E-state index in [1.807, 2.05) is 6.92 Å². The normalized spacial score (nSPS) is 10.5. The van der Waals surface area contributed by atoms with E-state index < -0.39 is 0 Å². The zero-order valence-corrected chi connectivity index (χ0v) is 7.21. The molecule has 0 amide bonds. The molecule has 0 bridgehead atoms. The van der Waals surface area contributed by atoms with Crippen molar-refractivity contribution in [1.82, 2.24) is 15.0 Å². The fourth-order valence-corrected chi connectivity index (χ4v) is 1.27. The molecule has 12 heavy (non-hydrogen) atoms. The number of hydrogen-bond acceptors (Lipinski definition) is 3. The van der Waals surface area contributed by atoms with E-state index in [0.29, 0.717) is 5.15 Å². The summed E-state index contributed by atoms with van der Waals surface area (Å²) < 4.78 is 0.